The fraction of sp³-hybridized carbons (Fsp3) is 0.500. The first kappa shape index (κ1) is 16.3. The minimum absolute atomic E-state index is 0.266. The molecule has 1 aromatic carbocycles. The van der Waals surface area contributed by atoms with Crippen molar-refractivity contribution >= 4 is 5.91 Å². The van der Waals surface area contributed by atoms with Crippen LogP contribution in [0.15, 0.2) is 42.7 Å². The monoisotopic (exact) mass is 338 g/mol. The Balaban J connectivity index is 1.44. The second-order valence-corrected chi connectivity index (χ2v) is 7.31. The Labute approximate surface area is 149 Å². The van der Waals surface area contributed by atoms with Gasteiger partial charge in [0.2, 0.25) is 5.91 Å². The van der Waals surface area contributed by atoms with Crippen molar-refractivity contribution in [3.63, 3.8) is 0 Å². The standard InChI is InChI=1S/C20H26N4O/c1-22-14-17(12-21-22)19-8-5-11-23(19)15-20(25)24(18-9-10-18)13-16-6-3-2-4-7-16/h2-4,6-7,12,14,18-19H,5,8-11,13,15H2,1H3/t19-/m1/s1. The number of rotatable bonds is 6. The van der Waals surface area contributed by atoms with Gasteiger partial charge in [-0.2, -0.15) is 5.10 Å². The molecule has 1 saturated heterocycles. The molecule has 1 amide bonds. The predicted octanol–water partition coefficient (Wildman–Crippen LogP) is 2.75. The van der Waals surface area contributed by atoms with Crippen molar-refractivity contribution in [1.29, 1.82) is 0 Å². The van der Waals surface area contributed by atoms with Gasteiger partial charge in [0.1, 0.15) is 0 Å². The highest BCUT2D eigenvalue weighted by molar-refractivity contribution is 5.79. The van der Waals surface area contributed by atoms with E-state index < -0.39 is 0 Å². The lowest BCUT2D eigenvalue weighted by molar-refractivity contribution is -0.133. The maximum absolute atomic E-state index is 13.0. The average molecular weight is 338 g/mol. The lowest BCUT2D eigenvalue weighted by Gasteiger charge is -2.28. The number of hydrogen-bond acceptors (Lipinski definition) is 3. The molecule has 2 aromatic rings. The van der Waals surface area contributed by atoms with Crippen molar-refractivity contribution in [2.75, 3.05) is 13.1 Å². The van der Waals surface area contributed by atoms with E-state index in [0.29, 0.717) is 18.6 Å². The Morgan fingerprint density at radius 3 is 2.72 bits per heavy atom. The van der Waals surface area contributed by atoms with Gasteiger partial charge in [0.25, 0.3) is 0 Å². The quantitative estimate of drug-likeness (QED) is 0.813. The van der Waals surface area contributed by atoms with Crippen LogP contribution in [0.3, 0.4) is 0 Å². The van der Waals surface area contributed by atoms with Crippen molar-refractivity contribution in [2.24, 2.45) is 7.05 Å². The minimum atomic E-state index is 0.266. The van der Waals surface area contributed by atoms with E-state index >= 15 is 0 Å². The molecule has 25 heavy (non-hydrogen) atoms. The summed E-state index contributed by atoms with van der Waals surface area (Å²) in [5, 5.41) is 4.30. The lowest BCUT2D eigenvalue weighted by atomic mass is 10.1. The number of likely N-dealkylation sites (tertiary alicyclic amines) is 1. The molecule has 0 unspecified atom stereocenters. The van der Waals surface area contributed by atoms with Crippen LogP contribution in [0.5, 0.6) is 0 Å². The van der Waals surface area contributed by atoms with E-state index in [1.165, 1.54) is 11.1 Å². The molecule has 2 aliphatic rings. The second-order valence-electron chi connectivity index (χ2n) is 7.31. The van der Waals surface area contributed by atoms with Gasteiger partial charge in [0.05, 0.1) is 12.7 Å². The Morgan fingerprint density at radius 1 is 1.24 bits per heavy atom. The van der Waals surface area contributed by atoms with Crippen LogP contribution in [-0.2, 0) is 18.4 Å². The zero-order valence-electron chi connectivity index (χ0n) is 14.8. The molecule has 1 aliphatic carbocycles. The van der Waals surface area contributed by atoms with Crippen molar-refractivity contribution in [1.82, 2.24) is 19.6 Å². The molecule has 132 valence electrons. The summed E-state index contributed by atoms with van der Waals surface area (Å²) in [4.78, 5) is 17.5. The molecule has 1 saturated carbocycles. The van der Waals surface area contributed by atoms with E-state index in [1.54, 1.807) is 0 Å². The molecule has 2 fully saturated rings. The Kier molecular flexibility index (Phi) is 4.57. The third kappa shape index (κ3) is 3.76. The van der Waals surface area contributed by atoms with Crippen LogP contribution >= 0.6 is 0 Å². The van der Waals surface area contributed by atoms with Gasteiger partial charge in [-0.25, -0.2) is 0 Å². The normalized spacial score (nSPS) is 20.8. The van der Waals surface area contributed by atoms with E-state index in [2.05, 4.69) is 33.2 Å². The molecule has 1 atom stereocenters. The van der Waals surface area contributed by atoms with E-state index in [4.69, 9.17) is 0 Å². The van der Waals surface area contributed by atoms with Crippen LogP contribution in [-0.4, -0.2) is 44.6 Å². The zero-order chi connectivity index (χ0) is 17.2. The highest BCUT2D eigenvalue weighted by atomic mass is 16.2. The lowest BCUT2D eigenvalue weighted by Crippen LogP contribution is -2.41. The molecule has 5 heteroatoms. The maximum Gasteiger partial charge on any atom is 0.237 e. The van der Waals surface area contributed by atoms with Crippen LogP contribution in [0, 0.1) is 0 Å². The summed E-state index contributed by atoms with van der Waals surface area (Å²) in [6, 6.07) is 11.1. The summed E-state index contributed by atoms with van der Waals surface area (Å²) >= 11 is 0. The first-order valence-corrected chi connectivity index (χ1v) is 9.26. The topological polar surface area (TPSA) is 41.4 Å². The number of aromatic nitrogens is 2. The van der Waals surface area contributed by atoms with E-state index in [9.17, 15) is 4.79 Å². The molecule has 0 spiro atoms. The average Bonchev–Trinajstić information content (AvgIpc) is 3.21. The fourth-order valence-corrected chi connectivity index (χ4v) is 3.86. The fourth-order valence-electron chi connectivity index (χ4n) is 3.86. The molecule has 0 N–H and O–H groups in total. The van der Waals surface area contributed by atoms with E-state index in [0.717, 1.165) is 38.8 Å². The number of nitrogens with zero attached hydrogens (tertiary/aromatic N) is 4. The molecule has 1 aliphatic heterocycles. The Morgan fingerprint density at radius 2 is 2.04 bits per heavy atom. The highest BCUT2D eigenvalue weighted by Gasteiger charge is 2.35. The first-order valence-electron chi connectivity index (χ1n) is 9.26. The van der Waals surface area contributed by atoms with Crippen LogP contribution in [0.1, 0.15) is 42.9 Å². The highest BCUT2D eigenvalue weighted by Crippen LogP contribution is 2.33. The van der Waals surface area contributed by atoms with Crippen LogP contribution in [0.25, 0.3) is 0 Å². The van der Waals surface area contributed by atoms with E-state index in [1.807, 2.05) is 36.1 Å². The molecule has 0 radical (unpaired) electrons. The second kappa shape index (κ2) is 7.00. The minimum Gasteiger partial charge on any atom is -0.334 e. The van der Waals surface area contributed by atoms with Gasteiger partial charge < -0.3 is 4.90 Å². The van der Waals surface area contributed by atoms with Gasteiger partial charge in [-0.05, 0) is 37.8 Å². The SMILES string of the molecule is Cn1cc([C@H]2CCCN2CC(=O)N(Cc2ccccc2)C2CC2)cn1. The van der Waals surface area contributed by atoms with Crippen LogP contribution in [0.2, 0.25) is 0 Å². The summed E-state index contributed by atoms with van der Waals surface area (Å²) in [6.45, 7) is 2.24. The number of carbonyl (C=O) groups excluding carboxylic acids is 1. The summed E-state index contributed by atoms with van der Waals surface area (Å²) in [5.41, 5.74) is 2.45. The van der Waals surface area contributed by atoms with Gasteiger partial charge in [-0.15, -0.1) is 0 Å². The molecule has 2 heterocycles. The molecule has 5 nitrogen and oxygen atoms in total. The van der Waals surface area contributed by atoms with Crippen LogP contribution < -0.4 is 0 Å². The molecule has 0 bridgehead atoms. The predicted molar refractivity (Wildman–Crippen MR) is 96.8 cm³/mol. The summed E-state index contributed by atoms with van der Waals surface area (Å²) < 4.78 is 1.85. The number of amides is 1. The van der Waals surface area contributed by atoms with Gasteiger partial charge in [0.15, 0.2) is 0 Å². The summed E-state index contributed by atoms with van der Waals surface area (Å²) in [7, 11) is 1.95. The Hall–Kier alpha value is -2.14. The van der Waals surface area contributed by atoms with Crippen molar-refractivity contribution in [3.8, 4) is 0 Å². The number of benzene rings is 1. The maximum atomic E-state index is 13.0. The zero-order valence-corrected chi connectivity index (χ0v) is 14.8. The third-order valence-electron chi connectivity index (χ3n) is 5.32. The Bertz CT molecular complexity index is 722. The first-order chi connectivity index (χ1) is 12.2. The number of carbonyl (C=O) groups is 1. The molecule has 4 rings (SSSR count). The smallest absolute Gasteiger partial charge is 0.237 e. The van der Waals surface area contributed by atoms with Gasteiger partial charge in [0, 0.05) is 37.4 Å². The van der Waals surface area contributed by atoms with Crippen molar-refractivity contribution in [3.05, 3.63) is 53.9 Å². The number of hydrogen-bond donors (Lipinski definition) is 0. The summed E-state index contributed by atoms with van der Waals surface area (Å²) in [5.74, 6) is 0.266. The van der Waals surface area contributed by atoms with Crippen molar-refractivity contribution in [2.45, 2.75) is 44.3 Å². The van der Waals surface area contributed by atoms with E-state index in [-0.39, 0.29) is 5.91 Å². The van der Waals surface area contributed by atoms with Gasteiger partial charge in [-0.3, -0.25) is 14.4 Å². The molecular formula is C20H26N4O. The van der Waals surface area contributed by atoms with Gasteiger partial charge >= 0.3 is 0 Å². The number of aryl methyl sites for hydroxylation is 1. The largest absolute Gasteiger partial charge is 0.334 e. The van der Waals surface area contributed by atoms with Crippen LogP contribution in [0.4, 0.5) is 0 Å². The van der Waals surface area contributed by atoms with Gasteiger partial charge in [-0.1, -0.05) is 30.3 Å². The molecular weight excluding hydrogens is 312 g/mol. The molecule has 1 aromatic heterocycles. The summed E-state index contributed by atoms with van der Waals surface area (Å²) in [6.07, 6.45) is 8.57. The third-order valence-corrected chi connectivity index (χ3v) is 5.32. The van der Waals surface area contributed by atoms with Crippen molar-refractivity contribution < 1.29 is 4.79 Å².